The quantitative estimate of drug-likeness (QED) is 0.487. The van der Waals surface area contributed by atoms with Crippen molar-refractivity contribution in [3.8, 4) is 6.07 Å². The number of ketones is 1. The van der Waals surface area contributed by atoms with E-state index in [4.69, 9.17) is 5.26 Å². The van der Waals surface area contributed by atoms with Gasteiger partial charge in [-0.1, -0.05) is 6.07 Å². The van der Waals surface area contributed by atoms with Gasteiger partial charge in [0.25, 0.3) is 0 Å². The molecule has 0 aromatic carbocycles. The van der Waals surface area contributed by atoms with Gasteiger partial charge < -0.3 is 0 Å². The van der Waals surface area contributed by atoms with Crippen LogP contribution < -0.4 is 0 Å². The second-order valence-corrected chi connectivity index (χ2v) is 6.20. The predicted molar refractivity (Wildman–Crippen MR) is 76.3 cm³/mol. The number of rotatable bonds is 4. The van der Waals surface area contributed by atoms with E-state index in [1.807, 2.05) is 16.8 Å². The molecule has 0 amide bonds. The summed E-state index contributed by atoms with van der Waals surface area (Å²) in [5.74, 6) is 0.379. The second kappa shape index (κ2) is 5.08. The maximum absolute atomic E-state index is 12.1. The Balaban J connectivity index is 1.86. The number of hydrogen-bond donors (Lipinski definition) is 0. The minimum Gasteiger partial charge on any atom is -0.287 e. The van der Waals surface area contributed by atoms with Crippen LogP contribution >= 0.6 is 22.7 Å². The number of Topliss-reactive ketones (excluding diaryl/α,β-unsaturated/α-hetero) is 1. The Labute approximate surface area is 118 Å². The standard InChI is InChI=1S/C14H10N2OS2/c15-7-10(13(17)12-2-1-5-18-12)6-11-8-19-14(16-11)9-3-4-9/h1-2,5-6,8-9H,3-4H2/b10-6-. The summed E-state index contributed by atoms with van der Waals surface area (Å²) in [6.45, 7) is 0. The van der Waals surface area contributed by atoms with E-state index in [0.29, 0.717) is 16.5 Å². The van der Waals surface area contributed by atoms with Gasteiger partial charge in [0.05, 0.1) is 15.6 Å². The first-order chi connectivity index (χ1) is 9.28. The van der Waals surface area contributed by atoms with E-state index in [9.17, 15) is 4.79 Å². The van der Waals surface area contributed by atoms with Crippen molar-refractivity contribution < 1.29 is 4.79 Å². The highest BCUT2D eigenvalue weighted by Gasteiger charge is 2.26. The number of allylic oxidation sites excluding steroid dienone is 1. The van der Waals surface area contributed by atoms with Crippen molar-refractivity contribution in [3.05, 3.63) is 44.0 Å². The highest BCUT2D eigenvalue weighted by molar-refractivity contribution is 7.12. The van der Waals surface area contributed by atoms with Gasteiger partial charge in [0.15, 0.2) is 0 Å². The average molecular weight is 286 g/mol. The highest BCUT2D eigenvalue weighted by atomic mass is 32.1. The van der Waals surface area contributed by atoms with Crippen molar-refractivity contribution >= 4 is 34.5 Å². The molecule has 0 saturated heterocycles. The number of nitriles is 1. The van der Waals surface area contributed by atoms with Crippen LogP contribution in [0, 0.1) is 11.3 Å². The van der Waals surface area contributed by atoms with Crippen molar-refractivity contribution in [2.45, 2.75) is 18.8 Å². The first-order valence-corrected chi connectivity index (χ1v) is 7.69. The van der Waals surface area contributed by atoms with Crippen LogP contribution in [-0.2, 0) is 0 Å². The minimum atomic E-state index is -0.224. The van der Waals surface area contributed by atoms with Gasteiger partial charge in [-0.05, 0) is 30.4 Å². The molecule has 2 aromatic heterocycles. The summed E-state index contributed by atoms with van der Waals surface area (Å²) in [7, 11) is 0. The third-order valence-electron chi connectivity index (χ3n) is 2.87. The highest BCUT2D eigenvalue weighted by Crippen LogP contribution is 2.41. The van der Waals surface area contributed by atoms with Crippen LogP contribution in [0.1, 0.15) is 39.1 Å². The van der Waals surface area contributed by atoms with Crippen molar-refractivity contribution in [2.75, 3.05) is 0 Å². The zero-order valence-electron chi connectivity index (χ0n) is 10.00. The second-order valence-electron chi connectivity index (χ2n) is 4.36. The molecule has 3 rings (SSSR count). The van der Waals surface area contributed by atoms with Crippen LogP contribution in [0.4, 0.5) is 0 Å². The molecule has 1 fully saturated rings. The fraction of sp³-hybridized carbons (Fsp3) is 0.214. The zero-order chi connectivity index (χ0) is 13.2. The van der Waals surface area contributed by atoms with Crippen LogP contribution in [-0.4, -0.2) is 10.8 Å². The number of hydrogen-bond acceptors (Lipinski definition) is 5. The van der Waals surface area contributed by atoms with E-state index < -0.39 is 0 Å². The Bertz CT molecular complexity index is 673. The third kappa shape index (κ3) is 2.65. The van der Waals surface area contributed by atoms with Crippen LogP contribution in [0.3, 0.4) is 0 Å². The van der Waals surface area contributed by atoms with Crippen molar-refractivity contribution in [3.63, 3.8) is 0 Å². The lowest BCUT2D eigenvalue weighted by atomic mass is 10.1. The zero-order valence-corrected chi connectivity index (χ0v) is 11.6. The maximum Gasteiger partial charge on any atom is 0.213 e. The van der Waals surface area contributed by atoms with E-state index in [2.05, 4.69) is 4.98 Å². The molecule has 19 heavy (non-hydrogen) atoms. The Morgan fingerprint density at radius 3 is 2.95 bits per heavy atom. The van der Waals surface area contributed by atoms with E-state index in [1.165, 1.54) is 24.2 Å². The van der Waals surface area contributed by atoms with Gasteiger partial charge in [-0.15, -0.1) is 22.7 Å². The van der Waals surface area contributed by atoms with Crippen LogP contribution in [0.15, 0.2) is 28.5 Å². The maximum atomic E-state index is 12.1. The molecule has 0 radical (unpaired) electrons. The van der Waals surface area contributed by atoms with Gasteiger partial charge in [-0.25, -0.2) is 4.98 Å². The molecular formula is C14H10N2OS2. The monoisotopic (exact) mass is 286 g/mol. The molecule has 1 saturated carbocycles. The Morgan fingerprint density at radius 1 is 1.47 bits per heavy atom. The number of nitrogens with zero attached hydrogens (tertiary/aromatic N) is 2. The summed E-state index contributed by atoms with van der Waals surface area (Å²) in [6.07, 6.45) is 4.00. The number of carbonyl (C=O) groups excluding carboxylic acids is 1. The average Bonchev–Trinajstić information content (AvgIpc) is 2.95. The molecule has 0 unspecified atom stereocenters. The van der Waals surface area contributed by atoms with Crippen molar-refractivity contribution in [1.29, 1.82) is 5.26 Å². The lowest BCUT2D eigenvalue weighted by Crippen LogP contribution is -1.99. The molecule has 0 spiro atoms. The first kappa shape index (κ1) is 12.3. The summed E-state index contributed by atoms with van der Waals surface area (Å²) in [4.78, 5) is 17.1. The van der Waals surface area contributed by atoms with Crippen molar-refractivity contribution in [2.24, 2.45) is 0 Å². The van der Waals surface area contributed by atoms with Gasteiger partial charge in [-0.2, -0.15) is 5.26 Å². The van der Waals surface area contributed by atoms with E-state index in [0.717, 1.165) is 5.01 Å². The van der Waals surface area contributed by atoms with Gasteiger partial charge >= 0.3 is 0 Å². The molecule has 94 valence electrons. The number of aromatic nitrogens is 1. The molecule has 0 aliphatic heterocycles. The molecular weight excluding hydrogens is 276 g/mol. The summed E-state index contributed by atoms with van der Waals surface area (Å²) in [5, 5.41) is 14.0. The summed E-state index contributed by atoms with van der Waals surface area (Å²) >= 11 is 2.95. The molecule has 0 atom stereocenters. The van der Waals surface area contributed by atoms with Gasteiger partial charge in [-0.3, -0.25) is 4.79 Å². The molecule has 5 heteroatoms. The normalized spacial score (nSPS) is 15.2. The molecule has 0 N–H and O–H groups in total. The fourth-order valence-corrected chi connectivity index (χ4v) is 3.35. The summed E-state index contributed by atoms with van der Waals surface area (Å²) in [5.41, 5.74) is 0.864. The number of carbonyl (C=O) groups is 1. The Kier molecular flexibility index (Phi) is 3.28. The number of thiophene rings is 1. The predicted octanol–water partition coefficient (Wildman–Crippen LogP) is 3.87. The van der Waals surface area contributed by atoms with Gasteiger partial charge in [0, 0.05) is 11.3 Å². The van der Waals surface area contributed by atoms with Crippen LogP contribution in [0.25, 0.3) is 6.08 Å². The Morgan fingerprint density at radius 2 is 2.32 bits per heavy atom. The summed E-state index contributed by atoms with van der Waals surface area (Å²) in [6, 6.07) is 5.51. The molecule has 1 aliphatic carbocycles. The van der Waals surface area contributed by atoms with E-state index in [-0.39, 0.29) is 11.4 Å². The molecule has 3 nitrogen and oxygen atoms in total. The lowest BCUT2D eigenvalue weighted by Gasteiger charge is -1.94. The van der Waals surface area contributed by atoms with Crippen molar-refractivity contribution in [1.82, 2.24) is 4.98 Å². The fourth-order valence-electron chi connectivity index (χ4n) is 1.72. The molecule has 2 heterocycles. The van der Waals surface area contributed by atoms with Crippen LogP contribution in [0.5, 0.6) is 0 Å². The molecule has 0 bridgehead atoms. The third-order valence-corrected chi connectivity index (χ3v) is 4.76. The summed E-state index contributed by atoms with van der Waals surface area (Å²) < 4.78 is 0. The molecule has 2 aromatic rings. The largest absolute Gasteiger partial charge is 0.287 e. The minimum absolute atomic E-state index is 0.148. The van der Waals surface area contributed by atoms with Crippen LogP contribution in [0.2, 0.25) is 0 Å². The Hall–Kier alpha value is -1.77. The lowest BCUT2D eigenvalue weighted by molar-refractivity contribution is 0.104. The van der Waals surface area contributed by atoms with Gasteiger partial charge in [0.1, 0.15) is 11.6 Å². The first-order valence-electron chi connectivity index (χ1n) is 5.93. The van der Waals surface area contributed by atoms with E-state index >= 15 is 0 Å². The van der Waals surface area contributed by atoms with E-state index in [1.54, 1.807) is 29.5 Å². The smallest absolute Gasteiger partial charge is 0.213 e. The number of thiazole rings is 1. The topological polar surface area (TPSA) is 53.8 Å². The molecule has 1 aliphatic rings. The van der Waals surface area contributed by atoms with Gasteiger partial charge in [0.2, 0.25) is 5.78 Å². The SMILES string of the molecule is N#C/C(=C/c1csc(C2CC2)n1)C(=O)c1cccs1.